The number of phenols is 1. The van der Waals surface area contributed by atoms with Crippen LogP contribution in [0.2, 0.25) is 0 Å². The van der Waals surface area contributed by atoms with Crippen LogP contribution in [-0.4, -0.2) is 23.4 Å². The van der Waals surface area contributed by atoms with Gasteiger partial charge in [-0.25, -0.2) is 8.78 Å². The van der Waals surface area contributed by atoms with Crippen LogP contribution in [0.5, 0.6) is 5.75 Å². The second-order valence-electron chi connectivity index (χ2n) is 2.81. The monoisotopic (exact) mass is 203 g/mol. The molecule has 0 aliphatic rings. The smallest absolute Gasteiger partial charge is 0.187 e. The fourth-order valence-electron chi connectivity index (χ4n) is 1.03. The molecule has 0 aliphatic carbocycles. The average Bonchev–Trinajstić information content (AvgIpc) is 2.14. The number of nitrogens with one attached hydrogen (secondary N) is 1. The Kier molecular flexibility index (Phi) is 3.79. The van der Waals surface area contributed by atoms with E-state index in [2.05, 4.69) is 5.32 Å². The minimum atomic E-state index is -0.981. The van der Waals surface area contributed by atoms with Crippen molar-refractivity contribution in [1.29, 1.82) is 0 Å². The fourth-order valence-corrected chi connectivity index (χ4v) is 1.03. The van der Waals surface area contributed by atoms with Crippen LogP contribution in [0, 0.1) is 11.6 Å². The summed E-state index contributed by atoms with van der Waals surface area (Å²) >= 11 is 0. The summed E-state index contributed by atoms with van der Waals surface area (Å²) in [7, 11) is 0. The zero-order valence-corrected chi connectivity index (χ0v) is 7.43. The molecular weight excluding hydrogens is 192 g/mol. The molecule has 5 heteroatoms. The summed E-state index contributed by atoms with van der Waals surface area (Å²) in [6.45, 7) is 0.557. The predicted octanol–water partition coefficient (Wildman–Crippen LogP) is 0.752. The van der Waals surface area contributed by atoms with Crippen molar-refractivity contribution in [2.75, 3.05) is 13.2 Å². The Morgan fingerprint density at radius 1 is 1.21 bits per heavy atom. The van der Waals surface area contributed by atoms with E-state index in [4.69, 9.17) is 10.2 Å². The van der Waals surface area contributed by atoms with E-state index in [-0.39, 0.29) is 13.2 Å². The number of rotatable bonds is 4. The van der Waals surface area contributed by atoms with E-state index in [9.17, 15) is 8.78 Å². The first-order valence-corrected chi connectivity index (χ1v) is 4.13. The van der Waals surface area contributed by atoms with Crippen molar-refractivity contribution in [2.45, 2.75) is 6.54 Å². The number of aliphatic hydroxyl groups excluding tert-OH is 1. The Morgan fingerprint density at radius 3 is 2.29 bits per heavy atom. The Labute approximate surface area is 80.0 Å². The topological polar surface area (TPSA) is 52.5 Å². The van der Waals surface area contributed by atoms with Crippen LogP contribution in [0.1, 0.15) is 5.56 Å². The molecule has 0 heterocycles. The second kappa shape index (κ2) is 4.88. The van der Waals surface area contributed by atoms with Crippen molar-refractivity contribution < 1.29 is 19.0 Å². The van der Waals surface area contributed by atoms with E-state index in [1.807, 2.05) is 0 Å². The number of hydrogen-bond donors (Lipinski definition) is 3. The van der Waals surface area contributed by atoms with Crippen LogP contribution < -0.4 is 5.32 Å². The Balaban J connectivity index is 2.69. The van der Waals surface area contributed by atoms with Gasteiger partial charge in [0.05, 0.1) is 6.61 Å². The molecule has 78 valence electrons. The average molecular weight is 203 g/mol. The third-order valence-corrected chi connectivity index (χ3v) is 1.69. The van der Waals surface area contributed by atoms with Gasteiger partial charge in [-0.2, -0.15) is 0 Å². The maximum absolute atomic E-state index is 12.8. The van der Waals surface area contributed by atoms with Crippen LogP contribution in [0.15, 0.2) is 12.1 Å². The molecule has 3 N–H and O–H groups in total. The van der Waals surface area contributed by atoms with Crippen LogP contribution >= 0.6 is 0 Å². The summed E-state index contributed by atoms with van der Waals surface area (Å²) in [4.78, 5) is 0. The van der Waals surface area contributed by atoms with Crippen LogP contribution in [0.25, 0.3) is 0 Å². The standard InChI is InChI=1S/C9H11F2NO2/c10-7-3-6(5-12-1-2-13)4-8(11)9(7)14/h3-4,12-14H,1-2,5H2. The fraction of sp³-hybridized carbons (Fsp3) is 0.333. The number of aromatic hydroxyl groups is 1. The molecule has 1 aromatic rings. The van der Waals surface area contributed by atoms with Crippen molar-refractivity contribution in [3.05, 3.63) is 29.3 Å². The zero-order chi connectivity index (χ0) is 10.6. The molecule has 0 aromatic heterocycles. The highest BCUT2D eigenvalue weighted by Crippen LogP contribution is 2.21. The molecule has 0 atom stereocenters. The van der Waals surface area contributed by atoms with Crippen LogP contribution in [0.3, 0.4) is 0 Å². The number of halogens is 2. The van der Waals surface area contributed by atoms with E-state index in [0.717, 1.165) is 12.1 Å². The Bertz CT molecular complexity index is 295. The summed E-state index contributed by atoms with van der Waals surface area (Å²) in [6.07, 6.45) is 0. The molecule has 0 bridgehead atoms. The number of benzene rings is 1. The molecule has 0 aliphatic heterocycles. The van der Waals surface area contributed by atoms with Crippen molar-refractivity contribution in [1.82, 2.24) is 5.32 Å². The molecule has 1 aromatic carbocycles. The minimum absolute atomic E-state index is 0.0386. The Morgan fingerprint density at radius 2 is 1.79 bits per heavy atom. The van der Waals surface area contributed by atoms with Gasteiger partial charge < -0.3 is 15.5 Å². The van der Waals surface area contributed by atoms with Gasteiger partial charge >= 0.3 is 0 Å². The van der Waals surface area contributed by atoms with Crippen molar-refractivity contribution in [3.63, 3.8) is 0 Å². The lowest BCUT2D eigenvalue weighted by Gasteiger charge is -2.04. The molecule has 14 heavy (non-hydrogen) atoms. The first kappa shape index (κ1) is 10.9. The van der Waals surface area contributed by atoms with Gasteiger partial charge in [0.1, 0.15) is 0 Å². The molecule has 3 nitrogen and oxygen atoms in total. The van der Waals surface area contributed by atoms with Gasteiger partial charge in [-0.3, -0.25) is 0 Å². The number of hydrogen-bond acceptors (Lipinski definition) is 3. The maximum atomic E-state index is 12.8. The van der Waals surface area contributed by atoms with E-state index in [1.165, 1.54) is 0 Å². The molecule has 0 saturated carbocycles. The summed E-state index contributed by atoms with van der Waals surface area (Å²) in [5.41, 5.74) is 0.381. The van der Waals surface area contributed by atoms with Crippen molar-refractivity contribution >= 4 is 0 Å². The molecule has 0 unspecified atom stereocenters. The van der Waals surface area contributed by atoms with Gasteiger partial charge in [-0.15, -0.1) is 0 Å². The normalized spacial score (nSPS) is 10.5. The number of aliphatic hydroxyl groups is 1. The molecule has 0 fully saturated rings. The largest absolute Gasteiger partial charge is 0.503 e. The van der Waals surface area contributed by atoms with Gasteiger partial charge in [0.15, 0.2) is 17.4 Å². The van der Waals surface area contributed by atoms with Gasteiger partial charge in [0.2, 0.25) is 0 Å². The van der Waals surface area contributed by atoms with Gasteiger partial charge in [0.25, 0.3) is 0 Å². The summed E-state index contributed by atoms with van der Waals surface area (Å²) in [5.74, 6) is -2.92. The molecule has 1 rings (SSSR count). The summed E-state index contributed by atoms with van der Waals surface area (Å²) < 4.78 is 25.6. The highest BCUT2D eigenvalue weighted by Gasteiger charge is 2.08. The third-order valence-electron chi connectivity index (χ3n) is 1.69. The van der Waals surface area contributed by atoms with Gasteiger partial charge in [0, 0.05) is 13.1 Å². The highest BCUT2D eigenvalue weighted by atomic mass is 19.1. The first-order valence-electron chi connectivity index (χ1n) is 4.13. The van der Waals surface area contributed by atoms with Crippen molar-refractivity contribution in [3.8, 4) is 5.75 Å². The van der Waals surface area contributed by atoms with E-state index in [1.54, 1.807) is 0 Å². The van der Waals surface area contributed by atoms with Crippen molar-refractivity contribution in [2.24, 2.45) is 0 Å². The molecule has 0 amide bonds. The molecular formula is C9H11F2NO2. The summed E-state index contributed by atoms with van der Waals surface area (Å²) in [5, 5.41) is 20.0. The third kappa shape index (κ3) is 2.65. The second-order valence-corrected chi connectivity index (χ2v) is 2.81. The predicted molar refractivity (Wildman–Crippen MR) is 46.8 cm³/mol. The Hall–Kier alpha value is -1.20. The van der Waals surface area contributed by atoms with Crippen LogP contribution in [-0.2, 0) is 6.54 Å². The quantitative estimate of drug-likeness (QED) is 0.633. The molecule has 0 saturated heterocycles. The van der Waals surface area contributed by atoms with Crippen LogP contribution in [0.4, 0.5) is 8.78 Å². The van der Waals surface area contributed by atoms with Gasteiger partial charge in [-0.05, 0) is 17.7 Å². The lowest BCUT2D eigenvalue weighted by atomic mass is 10.2. The first-order chi connectivity index (χ1) is 6.65. The van der Waals surface area contributed by atoms with E-state index in [0.29, 0.717) is 12.1 Å². The van der Waals surface area contributed by atoms with E-state index < -0.39 is 17.4 Å². The highest BCUT2D eigenvalue weighted by molar-refractivity contribution is 5.29. The minimum Gasteiger partial charge on any atom is -0.503 e. The summed E-state index contributed by atoms with van der Waals surface area (Å²) in [6, 6.07) is 2.09. The molecule has 0 radical (unpaired) electrons. The number of phenolic OH excluding ortho intramolecular Hbond substituents is 1. The van der Waals surface area contributed by atoms with Gasteiger partial charge in [-0.1, -0.05) is 0 Å². The SMILES string of the molecule is OCCNCc1cc(F)c(O)c(F)c1. The zero-order valence-electron chi connectivity index (χ0n) is 7.43. The molecule has 0 spiro atoms. The lowest BCUT2D eigenvalue weighted by Crippen LogP contribution is -2.17. The maximum Gasteiger partial charge on any atom is 0.187 e. The lowest BCUT2D eigenvalue weighted by molar-refractivity contribution is 0.292. The van der Waals surface area contributed by atoms with E-state index >= 15 is 0 Å².